The summed E-state index contributed by atoms with van der Waals surface area (Å²) in [6, 6.07) is 23.0. The molecule has 1 aromatic heterocycles. The molecule has 5 heteroatoms. The van der Waals surface area contributed by atoms with Crippen LogP contribution in [0.25, 0.3) is 0 Å². The highest BCUT2D eigenvalue weighted by molar-refractivity contribution is 5.69. The Hall–Kier alpha value is -3.46. The second-order valence-electron chi connectivity index (χ2n) is 8.13. The summed E-state index contributed by atoms with van der Waals surface area (Å²) in [6.45, 7) is 4.54. The number of aliphatic carboxylic acids is 1. The quantitative estimate of drug-likeness (QED) is 0.633. The van der Waals surface area contributed by atoms with E-state index in [1.165, 1.54) is 11.1 Å². The molecule has 32 heavy (non-hydrogen) atoms. The van der Waals surface area contributed by atoms with Crippen molar-refractivity contribution in [3.8, 4) is 11.8 Å². The minimum atomic E-state index is -0.773. The molecule has 2 aromatic carbocycles. The third-order valence-electron chi connectivity index (χ3n) is 5.85. The normalized spacial score (nSPS) is 17.8. The molecule has 0 aliphatic carbocycles. The largest absolute Gasteiger partial charge is 0.480 e. The van der Waals surface area contributed by atoms with E-state index in [9.17, 15) is 9.90 Å². The summed E-state index contributed by atoms with van der Waals surface area (Å²) in [5.41, 5.74) is 4.33. The van der Waals surface area contributed by atoms with Crippen LogP contribution in [-0.2, 0) is 4.79 Å². The maximum absolute atomic E-state index is 11.2. The first-order chi connectivity index (χ1) is 15.6. The predicted octanol–water partition coefficient (Wildman–Crippen LogP) is 3.66. The Bertz CT molecular complexity index is 1110. The molecule has 1 saturated heterocycles. The van der Waals surface area contributed by atoms with E-state index in [4.69, 9.17) is 0 Å². The first kappa shape index (κ1) is 21.8. The van der Waals surface area contributed by atoms with Crippen molar-refractivity contribution in [2.24, 2.45) is 0 Å². The molecule has 3 aromatic rings. The molecule has 4 rings (SSSR count). The number of carbonyl (C=O) groups is 1. The van der Waals surface area contributed by atoms with Crippen LogP contribution in [0, 0.1) is 11.8 Å². The topological polar surface area (TPSA) is 56.7 Å². The van der Waals surface area contributed by atoms with Crippen LogP contribution in [0.4, 0.5) is 0 Å². The van der Waals surface area contributed by atoms with Crippen molar-refractivity contribution in [2.75, 3.05) is 26.2 Å². The fraction of sp³-hybridized carbons (Fsp3) is 0.259. The van der Waals surface area contributed by atoms with Crippen LogP contribution < -0.4 is 0 Å². The lowest BCUT2D eigenvalue weighted by molar-refractivity contribution is -0.139. The summed E-state index contributed by atoms with van der Waals surface area (Å²) in [5, 5.41) is 9.21. The van der Waals surface area contributed by atoms with E-state index >= 15 is 0 Å². The van der Waals surface area contributed by atoms with Gasteiger partial charge in [0.25, 0.3) is 0 Å². The van der Waals surface area contributed by atoms with Gasteiger partial charge in [0, 0.05) is 49.2 Å². The minimum absolute atomic E-state index is 0.0884. The number of aromatic nitrogens is 1. The molecular formula is C27H27N3O2. The van der Waals surface area contributed by atoms with Crippen LogP contribution in [-0.4, -0.2) is 58.1 Å². The molecule has 1 N–H and O–H groups in total. The number of nitrogens with zero attached hydrogens (tertiary/aromatic N) is 3. The predicted molar refractivity (Wildman–Crippen MR) is 125 cm³/mol. The Morgan fingerprint density at radius 3 is 2.44 bits per heavy atom. The van der Waals surface area contributed by atoms with Crippen molar-refractivity contribution in [1.29, 1.82) is 0 Å². The van der Waals surface area contributed by atoms with Crippen LogP contribution in [0.3, 0.4) is 0 Å². The molecule has 2 heterocycles. The number of hydrogen-bond donors (Lipinski definition) is 1. The highest BCUT2D eigenvalue weighted by atomic mass is 16.4. The van der Waals surface area contributed by atoms with Gasteiger partial charge in [-0.3, -0.25) is 19.6 Å². The smallest absolute Gasteiger partial charge is 0.317 e. The molecule has 5 nitrogen and oxygen atoms in total. The van der Waals surface area contributed by atoms with Gasteiger partial charge in [-0.1, -0.05) is 54.3 Å². The van der Waals surface area contributed by atoms with Gasteiger partial charge in [0.2, 0.25) is 0 Å². The fourth-order valence-corrected chi connectivity index (χ4v) is 4.28. The van der Waals surface area contributed by atoms with E-state index in [0.717, 1.165) is 30.8 Å². The molecule has 0 saturated carbocycles. The van der Waals surface area contributed by atoms with E-state index in [1.54, 1.807) is 12.4 Å². The lowest BCUT2D eigenvalue weighted by Crippen LogP contribution is -2.54. The maximum atomic E-state index is 11.2. The Labute approximate surface area is 189 Å². The van der Waals surface area contributed by atoms with Crippen molar-refractivity contribution < 1.29 is 9.90 Å². The summed E-state index contributed by atoms with van der Waals surface area (Å²) in [6.07, 6.45) is 3.49. The van der Waals surface area contributed by atoms with Crippen molar-refractivity contribution in [3.63, 3.8) is 0 Å². The molecular weight excluding hydrogens is 398 g/mol. The van der Waals surface area contributed by atoms with Crippen LogP contribution in [0.5, 0.6) is 0 Å². The zero-order valence-electron chi connectivity index (χ0n) is 18.2. The molecule has 1 unspecified atom stereocenters. The number of carboxylic acid groups (broad SMARTS) is 1. The van der Waals surface area contributed by atoms with Crippen molar-refractivity contribution >= 4 is 5.97 Å². The van der Waals surface area contributed by atoms with E-state index in [2.05, 4.69) is 71.1 Å². The molecule has 2 atom stereocenters. The molecule has 162 valence electrons. The summed E-state index contributed by atoms with van der Waals surface area (Å²) in [5.74, 6) is 5.72. The maximum Gasteiger partial charge on any atom is 0.317 e. The number of carboxylic acids is 1. The Morgan fingerprint density at radius 1 is 1.00 bits per heavy atom. The SMILES string of the molecule is CC1CN([C@H](c2ccccc2)c2cccc(C#Cc3ccncc3)c2)CCN1CC(=O)O. The molecule has 1 aliphatic heterocycles. The molecule has 0 spiro atoms. The molecule has 0 bridgehead atoms. The number of pyridine rings is 1. The van der Waals surface area contributed by atoms with E-state index in [0.29, 0.717) is 0 Å². The lowest BCUT2D eigenvalue weighted by Gasteiger charge is -2.43. The van der Waals surface area contributed by atoms with E-state index in [1.807, 2.05) is 29.2 Å². The van der Waals surface area contributed by atoms with Gasteiger partial charge in [-0.2, -0.15) is 0 Å². The number of benzene rings is 2. The molecule has 1 aliphatic rings. The zero-order chi connectivity index (χ0) is 22.3. The highest BCUT2D eigenvalue weighted by Crippen LogP contribution is 2.31. The first-order valence-electron chi connectivity index (χ1n) is 10.9. The summed E-state index contributed by atoms with van der Waals surface area (Å²) < 4.78 is 0. The first-order valence-corrected chi connectivity index (χ1v) is 10.9. The van der Waals surface area contributed by atoms with Gasteiger partial charge in [-0.15, -0.1) is 0 Å². The van der Waals surface area contributed by atoms with Gasteiger partial charge in [0.1, 0.15) is 0 Å². The summed E-state index contributed by atoms with van der Waals surface area (Å²) in [7, 11) is 0. The second kappa shape index (κ2) is 10.2. The van der Waals surface area contributed by atoms with Gasteiger partial charge < -0.3 is 5.11 Å². The van der Waals surface area contributed by atoms with Crippen LogP contribution >= 0.6 is 0 Å². The lowest BCUT2D eigenvalue weighted by atomic mass is 9.94. The third kappa shape index (κ3) is 5.42. The average molecular weight is 426 g/mol. The van der Waals surface area contributed by atoms with Gasteiger partial charge in [0.15, 0.2) is 0 Å². The summed E-state index contributed by atoms with van der Waals surface area (Å²) >= 11 is 0. The van der Waals surface area contributed by atoms with Crippen LogP contribution in [0.1, 0.15) is 35.2 Å². The number of hydrogen-bond acceptors (Lipinski definition) is 4. The second-order valence-corrected chi connectivity index (χ2v) is 8.13. The standard InChI is InChI=1S/C27H27N3O2/c1-21-19-30(17-16-29(21)20-26(31)32)27(24-7-3-2-4-8-24)25-9-5-6-23(18-25)11-10-22-12-14-28-15-13-22/h2-9,12-15,18,21,27H,16-17,19-20H2,1H3,(H,31,32)/t21?,27-/m1/s1. The molecule has 0 radical (unpaired) electrons. The monoisotopic (exact) mass is 425 g/mol. The van der Waals surface area contributed by atoms with Gasteiger partial charge in [0.05, 0.1) is 12.6 Å². The van der Waals surface area contributed by atoms with Gasteiger partial charge in [-0.05, 0) is 42.3 Å². The van der Waals surface area contributed by atoms with Crippen LogP contribution in [0.15, 0.2) is 79.1 Å². The van der Waals surface area contributed by atoms with Crippen molar-refractivity contribution in [3.05, 3.63) is 101 Å². The highest BCUT2D eigenvalue weighted by Gasteiger charge is 2.31. The summed E-state index contributed by atoms with van der Waals surface area (Å²) in [4.78, 5) is 19.7. The third-order valence-corrected chi connectivity index (χ3v) is 5.85. The Balaban J connectivity index is 1.62. The molecule has 1 fully saturated rings. The van der Waals surface area contributed by atoms with E-state index < -0.39 is 5.97 Å². The van der Waals surface area contributed by atoms with Crippen molar-refractivity contribution in [2.45, 2.75) is 19.0 Å². The minimum Gasteiger partial charge on any atom is -0.480 e. The van der Waals surface area contributed by atoms with E-state index in [-0.39, 0.29) is 18.6 Å². The Morgan fingerprint density at radius 2 is 1.72 bits per heavy atom. The average Bonchev–Trinajstić information content (AvgIpc) is 2.81. The van der Waals surface area contributed by atoms with Crippen LogP contribution in [0.2, 0.25) is 0 Å². The van der Waals surface area contributed by atoms with Gasteiger partial charge >= 0.3 is 5.97 Å². The number of rotatable bonds is 5. The number of piperazine rings is 1. The Kier molecular flexibility index (Phi) is 6.96. The zero-order valence-corrected chi connectivity index (χ0v) is 18.2. The fourth-order valence-electron chi connectivity index (χ4n) is 4.28. The molecule has 0 amide bonds. The van der Waals surface area contributed by atoms with Crippen molar-refractivity contribution in [1.82, 2.24) is 14.8 Å². The van der Waals surface area contributed by atoms with Gasteiger partial charge in [-0.25, -0.2) is 0 Å².